The molecule has 1 fully saturated rings. The van der Waals surface area contributed by atoms with Gasteiger partial charge >= 0.3 is 0 Å². The lowest BCUT2D eigenvalue weighted by molar-refractivity contribution is -0.133. The molecule has 0 bridgehead atoms. The number of carbonyl (C=O) groups is 2. The number of aryl methyl sites for hydroxylation is 1. The lowest BCUT2D eigenvalue weighted by Gasteiger charge is -2.32. The summed E-state index contributed by atoms with van der Waals surface area (Å²) in [5, 5.41) is 7.05. The first-order valence-electron chi connectivity index (χ1n) is 7.70. The summed E-state index contributed by atoms with van der Waals surface area (Å²) in [6, 6.07) is 0. The second-order valence-corrected chi connectivity index (χ2v) is 6.73. The molecule has 2 heterocycles. The molecular weight excluding hydrogens is 300 g/mol. The summed E-state index contributed by atoms with van der Waals surface area (Å²) in [7, 11) is 0. The minimum Gasteiger partial charge on any atom is -0.342 e. The van der Waals surface area contributed by atoms with Crippen molar-refractivity contribution in [3.05, 3.63) is 12.4 Å². The van der Waals surface area contributed by atoms with Crippen LogP contribution in [0.5, 0.6) is 0 Å². The van der Waals surface area contributed by atoms with Crippen LogP contribution < -0.4 is 5.32 Å². The van der Waals surface area contributed by atoms with Gasteiger partial charge in [-0.3, -0.25) is 14.3 Å². The molecule has 1 aromatic rings. The molecule has 0 saturated carbocycles. The number of amides is 2. The molecule has 1 aromatic heterocycles. The van der Waals surface area contributed by atoms with Gasteiger partial charge in [0, 0.05) is 31.7 Å². The van der Waals surface area contributed by atoms with E-state index < -0.39 is 0 Å². The zero-order chi connectivity index (χ0) is 16.1. The van der Waals surface area contributed by atoms with Crippen molar-refractivity contribution >= 4 is 29.3 Å². The van der Waals surface area contributed by atoms with Crippen LogP contribution in [-0.4, -0.2) is 51.1 Å². The Balaban J connectivity index is 1.83. The van der Waals surface area contributed by atoms with E-state index in [1.54, 1.807) is 22.6 Å². The Morgan fingerprint density at radius 3 is 2.68 bits per heavy atom. The van der Waals surface area contributed by atoms with Crippen molar-refractivity contribution in [1.29, 1.82) is 0 Å². The Bertz CT molecular complexity index is 523. The molecule has 6 nitrogen and oxygen atoms in total. The molecule has 0 radical (unpaired) electrons. The number of nitrogens with one attached hydrogen (secondary N) is 1. The highest BCUT2D eigenvalue weighted by Gasteiger charge is 2.29. The molecule has 2 amide bonds. The van der Waals surface area contributed by atoms with Crippen LogP contribution >= 0.6 is 11.8 Å². The Kier molecular flexibility index (Phi) is 5.88. The van der Waals surface area contributed by atoms with Gasteiger partial charge in [-0.25, -0.2) is 0 Å². The van der Waals surface area contributed by atoms with Crippen molar-refractivity contribution in [2.45, 2.75) is 38.5 Å². The number of thioether (sulfide) groups is 1. The van der Waals surface area contributed by atoms with Gasteiger partial charge in [-0.1, -0.05) is 0 Å². The van der Waals surface area contributed by atoms with E-state index in [2.05, 4.69) is 10.4 Å². The number of nitrogens with zero attached hydrogens (tertiary/aromatic N) is 3. The number of likely N-dealkylation sites (tertiary alicyclic amines) is 1. The van der Waals surface area contributed by atoms with E-state index in [-0.39, 0.29) is 23.0 Å². The summed E-state index contributed by atoms with van der Waals surface area (Å²) < 4.78 is 1.78. The number of hydrogen-bond acceptors (Lipinski definition) is 4. The second-order valence-electron chi connectivity index (χ2n) is 5.55. The third kappa shape index (κ3) is 4.03. The van der Waals surface area contributed by atoms with E-state index in [4.69, 9.17) is 0 Å². The molecule has 7 heteroatoms. The molecule has 122 valence electrons. The molecule has 1 saturated heterocycles. The molecule has 22 heavy (non-hydrogen) atoms. The average Bonchev–Trinajstić information content (AvgIpc) is 3.01. The zero-order valence-electron chi connectivity index (χ0n) is 13.4. The Labute approximate surface area is 135 Å². The van der Waals surface area contributed by atoms with Gasteiger partial charge in [-0.15, -0.1) is 0 Å². The van der Waals surface area contributed by atoms with Crippen molar-refractivity contribution in [3.8, 4) is 0 Å². The highest BCUT2D eigenvalue weighted by molar-refractivity contribution is 7.99. The fraction of sp³-hybridized carbons (Fsp3) is 0.667. The topological polar surface area (TPSA) is 67.2 Å². The van der Waals surface area contributed by atoms with Crippen molar-refractivity contribution < 1.29 is 9.59 Å². The molecular formula is C15H24N4O2S. The van der Waals surface area contributed by atoms with Crippen molar-refractivity contribution in [1.82, 2.24) is 14.7 Å². The number of aromatic nitrogens is 2. The second kappa shape index (κ2) is 7.67. The molecule has 0 unspecified atom stereocenters. The summed E-state index contributed by atoms with van der Waals surface area (Å²) in [6.45, 7) is 6.04. The SMILES string of the molecule is CCn1cc(NC(=O)C2CCN(C(=O)[C@@H](C)SC)CC2)cn1. The fourth-order valence-electron chi connectivity index (χ4n) is 2.57. The van der Waals surface area contributed by atoms with Gasteiger partial charge < -0.3 is 10.2 Å². The van der Waals surface area contributed by atoms with Gasteiger partial charge in [0.25, 0.3) is 0 Å². The average molecular weight is 324 g/mol. The summed E-state index contributed by atoms with van der Waals surface area (Å²) in [6.07, 6.45) is 6.89. The summed E-state index contributed by atoms with van der Waals surface area (Å²) in [5.74, 6) is 0.176. The van der Waals surface area contributed by atoms with Gasteiger partial charge in [0.05, 0.1) is 17.1 Å². The Hall–Kier alpha value is -1.50. The summed E-state index contributed by atoms with van der Waals surface area (Å²) in [4.78, 5) is 26.3. The molecule has 0 aromatic carbocycles. The summed E-state index contributed by atoms with van der Waals surface area (Å²) in [5.41, 5.74) is 0.737. The third-order valence-electron chi connectivity index (χ3n) is 4.10. The first kappa shape index (κ1) is 16.9. The van der Waals surface area contributed by atoms with Crippen molar-refractivity contribution in [2.24, 2.45) is 5.92 Å². The lowest BCUT2D eigenvalue weighted by Crippen LogP contribution is -2.44. The van der Waals surface area contributed by atoms with E-state index in [1.165, 1.54) is 0 Å². The maximum Gasteiger partial charge on any atom is 0.235 e. The normalized spacial score (nSPS) is 17.3. The summed E-state index contributed by atoms with van der Waals surface area (Å²) >= 11 is 1.56. The predicted molar refractivity (Wildman–Crippen MR) is 88.8 cm³/mol. The molecule has 1 aliphatic rings. The number of anilines is 1. The highest BCUT2D eigenvalue weighted by Crippen LogP contribution is 2.21. The van der Waals surface area contributed by atoms with Crippen molar-refractivity contribution in [3.63, 3.8) is 0 Å². The molecule has 2 rings (SSSR count). The van der Waals surface area contributed by atoms with Crippen LogP contribution in [0.15, 0.2) is 12.4 Å². The molecule has 1 N–H and O–H groups in total. The number of carbonyl (C=O) groups excluding carboxylic acids is 2. The quantitative estimate of drug-likeness (QED) is 0.897. The van der Waals surface area contributed by atoms with E-state index in [0.717, 1.165) is 25.1 Å². The smallest absolute Gasteiger partial charge is 0.235 e. The van der Waals surface area contributed by atoms with Crippen LogP contribution in [0.3, 0.4) is 0 Å². The maximum atomic E-state index is 12.3. The van der Waals surface area contributed by atoms with Crippen LogP contribution in [0.25, 0.3) is 0 Å². The Morgan fingerprint density at radius 2 is 2.14 bits per heavy atom. The zero-order valence-corrected chi connectivity index (χ0v) is 14.2. The Morgan fingerprint density at radius 1 is 1.45 bits per heavy atom. The van der Waals surface area contributed by atoms with Crippen LogP contribution in [0, 0.1) is 5.92 Å². The minimum absolute atomic E-state index is 0.00902. The largest absolute Gasteiger partial charge is 0.342 e. The van der Waals surface area contributed by atoms with Crippen LogP contribution in [-0.2, 0) is 16.1 Å². The van der Waals surface area contributed by atoms with Gasteiger partial charge in [-0.2, -0.15) is 16.9 Å². The lowest BCUT2D eigenvalue weighted by atomic mass is 9.95. The highest BCUT2D eigenvalue weighted by atomic mass is 32.2. The minimum atomic E-state index is -0.0291. The van der Waals surface area contributed by atoms with Gasteiger partial charge in [0.15, 0.2) is 0 Å². The maximum absolute atomic E-state index is 12.3. The first-order chi connectivity index (χ1) is 10.5. The third-order valence-corrected chi connectivity index (χ3v) is 5.01. The van der Waals surface area contributed by atoms with Gasteiger partial charge in [0.1, 0.15) is 0 Å². The van der Waals surface area contributed by atoms with Gasteiger partial charge in [0.2, 0.25) is 11.8 Å². The molecule has 1 atom stereocenters. The predicted octanol–water partition coefficient (Wildman–Crippen LogP) is 1.83. The molecule has 0 spiro atoms. The van der Waals surface area contributed by atoms with Crippen LogP contribution in [0.2, 0.25) is 0 Å². The van der Waals surface area contributed by atoms with Crippen LogP contribution in [0.4, 0.5) is 5.69 Å². The first-order valence-corrected chi connectivity index (χ1v) is 8.98. The number of piperidine rings is 1. The van der Waals surface area contributed by atoms with Gasteiger partial charge in [-0.05, 0) is 32.9 Å². The molecule has 0 aliphatic carbocycles. The van der Waals surface area contributed by atoms with Crippen molar-refractivity contribution in [2.75, 3.05) is 24.7 Å². The number of hydrogen-bond donors (Lipinski definition) is 1. The molecule has 1 aliphatic heterocycles. The monoisotopic (exact) mass is 324 g/mol. The van der Waals surface area contributed by atoms with E-state index in [0.29, 0.717) is 13.1 Å². The van der Waals surface area contributed by atoms with E-state index in [9.17, 15) is 9.59 Å². The fourth-order valence-corrected chi connectivity index (χ4v) is 2.92. The van der Waals surface area contributed by atoms with E-state index >= 15 is 0 Å². The van der Waals surface area contributed by atoms with Crippen LogP contribution in [0.1, 0.15) is 26.7 Å². The number of rotatable bonds is 5. The van der Waals surface area contributed by atoms with E-state index in [1.807, 2.05) is 31.2 Å². The standard InChI is InChI=1S/C15H24N4O2S/c1-4-19-10-13(9-16-19)17-14(20)12-5-7-18(8-6-12)15(21)11(2)22-3/h9-12H,4-8H2,1-3H3,(H,17,20)/t11-/m1/s1.